The lowest BCUT2D eigenvalue weighted by Gasteiger charge is -2.29. The molecular formula is C20H20F3N3O2. The van der Waals surface area contributed by atoms with Gasteiger partial charge in [-0.3, -0.25) is 9.69 Å². The Hall–Kier alpha value is -2.61. The number of nitrogens with one attached hydrogen (secondary N) is 1. The van der Waals surface area contributed by atoms with E-state index in [0.717, 1.165) is 44.7 Å². The number of hydrogen-bond donors (Lipinski definition) is 1. The molecule has 28 heavy (non-hydrogen) atoms. The number of benzene rings is 1. The van der Waals surface area contributed by atoms with E-state index in [0.29, 0.717) is 35.6 Å². The minimum absolute atomic E-state index is 0.238. The smallest absolute Gasteiger partial charge is 0.416 e. The number of hydrogen-bond acceptors (Lipinski definition) is 4. The second kappa shape index (κ2) is 7.43. The second-order valence-corrected chi connectivity index (χ2v) is 7.13. The van der Waals surface area contributed by atoms with E-state index < -0.39 is 11.7 Å². The maximum Gasteiger partial charge on any atom is 0.416 e. The molecule has 0 atom stereocenters. The van der Waals surface area contributed by atoms with Crippen molar-refractivity contribution in [2.75, 3.05) is 19.7 Å². The number of ether oxygens (including phenoxy) is 1. The summed E-state index contributed by atoms with van der Waals surface area (Å²) in [4.78, 5) is 22.0. The Kier molecular flexibility index (Phi) is 4.97. The zero-order valence-electron chi connectivity index (χ0n) is 15.2. The summed E-state index contributed by atoms with van der Waals surface area (Å²) in [7, 11) is 0. The molecule has 148 valence electrons. The van der Waals surface area contributed by atoms with E-state index in [1.165, 1.54) is 17.7 Å². The van der Waals surface area contributed by atoms with Crippen LogP contribution in [0.25, 0.3) is 11.4 Å². The normalized spacial score (nSPS) is 17.6. The predicted molar refractivity (Wildman–Crippen MR) is 97.5 cm³/mol. The predicted octanol–water partition coefficient (Wildman–Crippen LogP) is 3.51. The molecule has 1 aromatic carbocycles. The summed E-state index contributed by atoms with van der Waals surface area (Å²) in [5, 5.41) is 0. The fourth-order valence-corrected chi connectivity index (χ4v) is 3.59. The monoisotopic (exact) mass is 391 g/mol. The summed E-state index contributed by atoms with van der Waals surface area (Å²) in [6.07, 6.45) is 0.0629. The number of aromatic nitrogens is 2. The first kappa shape index (κ1) is 18.7. The number of fused-ring (bicyclic) bond motifs is 1. The first-order chi connectivity index (χ1) is 13.4. The molecule has 0 radical (unpaired) electrons. The van der Waals surface area contributed by atoms with Gasteiger partial charge in [-0.15, -0.1) is 0 Å². The summed E-state index contributed by atoms with van der Waals surface area (Å²) < 4.78 is 43.5. The third-order valence-corrected chi connectivity index (χ3v) is 5.07. The van der Waals surface area contributed by atoms with Crippen molar-refractivity contribution < 1.29 is 17.9 Å². The largest absolute Gasteiger partial charge is 0.501 e. The molecular weight excluding hydrogens is 371 g/mol. The lowest BCUT2D eigenvalue weighted by Crippen LogP contribution is -2.37. The van der Waals surface area contributed by atoms with E-state index in [2.05, 4.69) is 14.9 Å². The van der Waals surface area contributed by atoms with Crippen molar-refractivity contribution in [2.24, 2.45) is 0 Å². The highest BCUT2D eigenvalue weighted by Crippen LogP contribution is 2.30. The molecule has 0 unspecified atom stereocenters. The molecule has 2 aliphatic heterocycles. The average Bonchev–Trinajstić information content (AvgIpc) is 2.68. The van der Waals surface area contributed by atoms with E-state index in [1.807, 2.05) is 6.26 Å². The number of halogens is 3. The van der Waals surface area contributed by atoms with Crippen molar-refractivity contribution >= 4 is 0 Å². The third kappa shape index (κ3) is 3.96. The van der Waals surface area contributed by atoms with Gasteiger partial charge in [-0.05, 0) is 30.5 Å². The molecule has 0 spiro atoms. The highest BCUT2D eigenvalue weighted by atomic mass is 19.4. The van der Waals surface area contributed by atoms with Crippen LogP contribution in [0.5, 0.6) is 0 Å². The third-order valence-electron chi connectivity index (χ3n) is 5.07. The molecule has 2 aromatic rings. The first-order valence-electron chi connectivity index (χ1n) is 9.22. The lowest BCUT2D eigenvalue weighted by atomic mass is 10.0. The van der Waals surface area contributed by atoms with E-state index in [1.54, 1.807) is 0 Å². The SMILES string of the molecule is O=c1[nH]c(-c2ccc(C(F)(F)F)cc2)nc2c1CN(CC1=COCCC1)CC2. The number of nitrogens with zero attached hydrogens (tertiary/aromatic N) is 2. The Balaban J connectivity index is 1.54. The van der Waals surface area contributed by atoms with Crippen LogP contribution in [-0.2, 0) is 23.9 Å². The molecule has 2 aliphatic rings. The number of alkyl halides is 3. The Morgan fingerprint density at radius 1 is 1.18 bits per heavy atom. The summed E-state index contributed by atoms with van der Waals surface area (Å²) in [6.45, 7) is 2.79. The number of aromatic amines is 1. The molecule has 0 bridgehead atoms. The average molecular weight is 391 g/mol. The van der Waals surface area contributed by atoms with Gasteiger partial charge in [-0.2, -0.15) is 13.2 Å². The van der Waals surface area contributed by atoms with Crippen LogP contribution >= 0.6 is 0 Å². The van der Waals surface area contributed by atoms with Crippen molar-refractivity contribution in [3.63, 3.8) is 0 Å². The van der Waals surface area contributed by atoms with Crippen LogP contribution in [0.4, 0.5) is 13.2 Å². The summed E-state index contributed by atoms with van der Waals surface area (Å²) in [5.74, 6) is 0.300. The van der Waals surface area contributed by atoms with Gasteiger partial charge >= 0.3 is 6.18 Å². The Morgan fingerprint density at radius 3 is 2.64 bits per heavy atom. The van der Waals surface area contributed by atoms with Crippen LogP contribution in [0.1, 0.15) is 29.7 Å². The zero-order chi connectivity index (χ0) is 19.7. The van der Waals surface area contributed by atoms with Crippen molar-refractivity contribution in [3.05, 3.63) is 63.3 Å². The molecule has 0 aliphatic carbocycles. The first-order valence-corrected chi connectivity index (χ1v) is 9.22. The van der Waals surface area contributed by atoms with Crippen LogP contribution in [0.2, 0.25) is 0 Å². The highest BCUT2D eigenvalue weighted by molar-refractivity contribution is 5.56. The summed E-state index contributed by atoms with van der Waals surface area (Å²) >= 11 is 0. The molecule has 1 aromatic heterocycles. The van der Waals surface area contributed by atoms with E-state index >= 15 is 0 Å². The van der Waals surface area contributed by atoms with Crippen LogP contribution in [0.3, 0.4) is 0 Å². The molecule has 0 saturated heterocycles. The van der Waals surface area contributed by atoms with Crippen molar-refractivity contribution in [3.8, 4) is 11.4 Å². The van der Waals surface area contributed by atoms with Gasteiger partial charge in [0.15, 0.2) is 0 Å². The molecule has 0 saturated carbocycles. The summed E-state index contributed by atoms with van der Waals surface area (Å²) in [6, 6.07) is 4.66. The van der Waals surface area contributed by atoms with Crippen molar-refractivity contribution in [1.82, 2.24) is 14.9 Å². The van der Waals surface area contributed by atoms with Gasteiger partial charge in [0.1, 0.15) is 5.82 Å². The van der Waals surface area contributed by atoms with Gasteiger partial charge < -0.3 is 9.72 Å². The Morgan fingerprint density at radius 2 is 1.96 bits per heavy atom. The number of H-pyrrole nitrogens is 1. The van der Waals surface area contributed by atoms with E-state index in [4.69, 9.17) is 4.74 Å². The van der Waals surface area contributed by atoms with Crippen LogP contribution in [0, 0.1) is 0 Å². The fraction of sp³-hybridized carbons (Fsp3) is 0.400. The fourth-order valence-electron chi connectivity index (χ4n) is 3.59. The number of rotatable bonds is 3. The standard InChI is InChI=1S/C20H20F3N3O2/c21-20(22,23)15-5-3-14(4-6-15)18-24-17-7-8-26(11-16(17)19(27)25-18)10-13-2-1-9-28-12-13/h3-6,12H,1-2,7-11H2,(H,24,25,27). The zero-order valence-corrected chi connectivity index (χ0v) is 15.2. The molecule has 5 nitrogen and oxygen atoms in total. The summed E-state index contributed by atoms with van der Waals surface area (Å²) in [5.41, 5.74) is 2.05. The maximum atomic E-state index is 12.7. The minimum Gasteiger partial charge on any atom is -0.501 e. The van der Waals surface area contributed by atoms with Crippen LogP contribution in [0.15, 0.2) is 40.9 Å². The van der Waals surface area contributed by atoms with Crippen LogP contribution < -0.4 is 5.56 Å². The van der Waals surface area contributed by atoms with Gasteiger partial charge in [-0.1, -0.05) is 12.1 Å². The maximum absolute atomic E-state index is 12.7. The van der Waals surface area contributed by atoms with E-state index in [-0.39, 0.29) is 5.56 Å². The van der Waals surface area contributed by atoms with Gasteiger partial charge in [-0.25, -0.2) is 4.98 Å². The topological polar surface area (TPSA) is 58.2 Å². The second-order valence-electron chi connectivity index (χ2n) is 7.13. The molecule has 8 heteroatoms. The quantitative estimate of drug-likeness (QED) is 0.870. The van der Waals surface area contributed by atoms with Gasteiger partial charge in [0.05, 0.1) is 29.7 Å². The molecule has 4 rings (SSSR count). The van der Waals surface area contributed by atoms with Gasteiger partial charge in [0.25, 0.3) is 5.56 Å². The molecule has 3 heterocycles. The highest BCUT2D eigenvalue weighted by Gasteiger charge is 2.30. The van der Waals surface area contributed by atoms with Gasteiger partial charge in [0.2, 0.25) is 0 Å². The molecule has 0 amide bonds. The molecule has 1 N–H and O–H groups in total. The lowest BCUT2D eigenvalue weighted by molar-refractivity contribution is -0.137. The van der Waals surface area contributed by atoms with Gasteiger partial charge in [0, 0.05) is 31.6 Å². The molecule has 0 fully saturated rings. The minimum atomic E-state index is -4.39. The van der Waals surface area contributed by atoms with Crippen molar-refractivity contribution in [2.45, 2.75) is 32.0 Å². The van der Waals surface area contributed by atoms with E-state index in [9.17, 15) is 18.0 Å². The van der Waals surface area contributed by atoms with Crippen LogP contribution in [-0.4, -0.2) is 34.6 Å². The van der Waals surface area contributed by atoms with Crippen molar-refractivity contribution in [1.29, 1.82) is 0 Å². The Bertz CT molecular complexity index is 949. The Labute approximate surface area is 159 Å².